The molecule has 0 unspecified atom stereocenters. The molecule has 0 saturated heterocycles. The Hall–Kier alpha value is -3.73. The molecule has 1 aromatic carbocycles. The van der Waals surface area contributed by atoms with Crippen LogP contribution in [0.4, 0.5) is 23.2 Å². The first kappa shape index (κ1) is 26.9. The molecule has 2 aromatic heterocycles. The lowest BCUT2D eigenvalue weighted by atomic mass is 10.1. The van der Waals surface area contributed by atoms with Gasteiger partial charge in [-0.05, 0) is 30.7 Å². The summed E-state index contributed by atoms with van der Waals surface area (Å²) in [7, 11) is -7.71. The fraction of sp³-hybridized carbons (Fsp3) is 0.211. The molecule has 1 N–H and O–H groups in total. The summed E-state index contributed by atoms with van der Waals surface area (Å²) in [5.74, 6) is -3.58. The number of carbonyl (C=O) groups excluding carboxylic acids is 1. The third-order valence-corrected chi connectivity index (χ3v) is 6.66. The molecule has 2 heterocycles. The quantitative estimate of drug-likeness (QED) is 0.358. The molecular weight excluding hydrogens is 534 g/mol. The third kappa shape index (κ3) is 5.91. The maximum absolute atomic E-state index is 14.1. The molecule has 0 radical (unpaired) electrons. The number of anilines is 1. The van der Waals surface area contributed by atoms with Crippen LogP contribution in [-0.4, -0.2) is 55.4 Å². The molecule has 0 aliphatic carbocycles. The van der Waals surface area contributed by atoms with Crippen molar-refractivity contribution in [2.45, 2.75) is 22.9 Å². The van der Waals surface area contributed by atoms with Gasteiger partial charge in [0.25, 0.3) is 11.8 Å². The normalized spacial score (nSPS) is 12.3. The van der Waals surface area contributed by atoms with Crippen LogP contribution in [0.1, 0.15) is 21.6 Å². The van der Waals surface area contributed by atoms with E-state index in [1.54, 1.807) is 0 Å². The van der Waals surface area contributed by atoms with Gasteiger partial charge in [0.1, 0.15) is 10.5 Å². The van der Waals surface area contributed by atoms with Crippen molar-refractivity contribution < 1.29 is 43.9 Å². The number of nitrogens with zero attached hydrogens (tertiary/aromatic N) is 4. The second-order valence-electron chi connectivity index (χ2n) is 7.29. The number of ether oxygens (including phenoxy) is 1. The molecule has 0 bridgehead atoms. The number of nitrogens with one attached hydrogen (secondary N) is 1. The minimum absolute atomic E-state index is 0.0848. The number of amides is 1. The molecule has 192 valence electrons. The van der Waals surface area contributed by atoms with E-state index >= 15 is 0 Å². The van der Waals surface area contributed by atoms with Crippen LogP contribution >= 0.6 is 0 Å². The predicted octanol–water partition coefficient (Wildman–Crippen LogP) is 2.58. The Morgan fingerprint density at radius 3 is 2.28 bits per heavy atom. The van der Waals surface area contributed by atoms with Crippen LogP contribution in [0.25, 0.3) is 0 Å². The molecule has 0 spiro atoms. The summed E-state index contributed by atoms with van der Waals surface area (Å²) in [6.07, 6.45) is -2.84. The van der Waals surface area contributed by atoms with Crippen molar-refractivity contribution in [1.29, 1.82) is 0 Å². The summed E-state index contributed by atoms with van der Waals surface area (Å²) in [5.41, 5.74) is -3.13. The highest BCUT2D eigenvalue weighted by Crippen LogP contribution is 2.34. The van der Waals surface area contributed by atoms with E-state index < -0.39 is 71.3 Å². The van der Waals surface area contributed by atoms with E-state index in [1.807, 2.05) is 0 Å². The van der Waals surface area contributed by atoms with Crippen LogP contribution in [0.2, 0.25) is 0 Å². The standard InChI is InChI=1S/C19H15F4N5O6S2/c1-9-13(16(29)25-10-5-4-6-11(7-10)35(2,30)31)17(28-27-14(9)19(21,22)23)34-18-24-8-12(15(20)26-18)36(3,32)33/h4-8H,1-3H3,(H,25,29). The van der Waals surface area contributed by atoms with Crippen LogP contribution < -0.4 is 10.1 Å². The van der Waals surface area contributed by atoms with Gasteiger partial charge in [-0.15, -0.1) is 10.2 Å². The second-order valence-corrected chi connectivity index (χ2v) is 11.3. The maximum Gasteiger partial charge on any atom is 0.435 e. The van der Waals surface area contributed by atoms with Crippen molar-refractivity contribution in [2.24, 2.45) is 0 Å². The van der Waals surface area contributed by atoms with Crippen LogP contribution in [0.15, 0.2) is 40.3 Å². The fourth-order valence-electron chi connectivity index (χ4n) is 2.82. The molecule has 0 fully saturated rings. The summed E-state index contributed by atoms with van der Waals surface area (Å²) >= 11 is 0. The average Bonchev–Trinajstić information content (AvgIpc) is 2.71. The Labute approximate surface area is 201 Å². The summed E-state index contributed by atoms with van der Waals surface area (Å²) in [6.45, 7) is 0.903. The minimum Gasteiger partial charge on any atom is -0.403 e. The first-order chi connectivity index (χ1) is 16.5. The highest BCUT2D eigenvalue weighted by Gasteiger charge is 2.38. The van der Waals surface area contributed by atoms with E-state index in [9.17, 15) is 39.2 Å². The van der Waals surface area contributed by atoms with E-state index in [-0.39, 0.29) is 10.6 Å². The first-order valence-electron chi connectivity index (χ1n) is 9.45. The van der Waals surface area contributed by atoms with Gasteiger partial charge < -0.3 is 10.1 Å². The van der Waals surface area contributed by atoms with Gasteiger partial charge in [0.15, 0.2) is 25.4 Å². The number of halogens is 4. The summed E-state index contributed by atoms with van der Waals surface area (Å²) in [6, 6.07) is 4.02. The van der Waals surface area contributed by atoms with Gasteiger partial charge in [-0.2, -0.15) is 22.5 Å². The smallest absolute Gasteiger partial charge is 0.403 e. The van der Waals surface area contributed by atoms with E-state index in [1.165, 1.54) is 18.2 Å². The monoisotopic (exact) mass is 549 g/mol. The molecule has 0 aliphatic rings. The number of aromatic nitrogens is 4. The highest BCUT2D eigenvalue weighted by molar-refractivity contribution is 7.91. The molecule has 1 amide bonds. The lowest BCUT2D eigenvalue weighted by Gasteiger charge is -2.15. The van der Waals surface area contributed by atoms with Gasteiger partial charge in [-0.25, -0.2) is 21.8 Å². The van der Waals surface area contributed by atoms with E-state index in [4.69, 9.17) is 4.74 Å². The van der Waals surface area contributed by atoms with Gasteiger partial charge in [0.05, 0.1) is 11.1 Å². The summed E-state index contributed by atoms with van der Waals surface area (Å²) in [4.78, 5) is 18.6. The van der Waals surface area contributed by atoms with Gasteiger partial charge in [0.2, 0.25) is 5.95 Å². The maximum atomic E-state index is 14.1. The Morgan fingerprint density at radius 2 is 1.72 bits per heavy atom. The number of alkyl halides is 3. The van der Waals surface area contributed by atoms with Crippen LogP contribution in [-0.2, 0) is 25.9 Å². The molecular formula is C19H15F4N5O6S2. The lowest BCUT2D eigenvalue weighted by Crippen LogP contribution is -2.21. The molecule has 3 rings (SSSR count). The number of carbonyl (C=O) groups is 1. The van der Waals surface area contributed by atoms with Crippen LogP contribution in [0.5, 0.6) is 11.9 Å². The van der Waals surface area contributed by atoms with Gasteiger partial charge >= 0.3 is 12.2 Å². The number of benzene rings is 1. The van der Waals surface area contributed by atoms with E-state index in [0.29, 0.717) is 12.5 Å². The minimum atomic E-state index is -5.01. The molecule has 17 heteroatoms. The highest BCUT2D eigenvalue weighted by atomic mass is 32.2. The lowest BCUT2D eigenvalue weighted by molar-refractivity contribution is -0.142. The van der Waals surface area contributed by atoms with E-state index in [0.717, 1.165) is 19.2 Å². The molecule has 0 atom stereocenters. The zero-order chi connectivity index (χ0) is 27.1. The SMILES string of the molecule is Cc1c(C(F)(F)F)nnc(Oc2ncc(S(C)(=O)=O)c(F)n2)c1C(=O)Nc1cccc(S(C)(=O)=O)c1. The number of hydrogen-bond donors (Lipinski definition) is 1. The Bertz CT molecular complexity index is 1580. The topological polar surface area (TPSA) is 158 Å². The van der Waals surface area contributed by atoms with Crippen molar-refractivity contribution in [3.05, 3.63) is 53.2 Å². The number of rotatable bonds is 6. The molecule has 11 nitrogen and oxygen atoms in total. The Kier molecular flexibility index (Phi) is 7.00. The van der Waals surface area contributed by atoms with Crippen molar-refractivity contribution in [2.75, 3.05) is 17.8 Å². The predicted molar refractivity (Wildman–Crippen MR) is 114 cm³/mol. The van der Waals surface area contributed by atoms with Gasteiger partial charge in [-0.3, -0.25) is 4.79 Å². The molecule has 0 aliphatic heterocycles. The first-order valence-corrected chi connectivity index (χ1v) is 13.2. The zero-order valence-corrected chi connectivity index (χ0v) is 20.1. The number of hydrogen-bond acceptors (Lipinski definition) is 10. The van der Waals surface area contributed by atoms with Crippen LogP contribution in [0.3, 0.4) is 0 Å². The zero-order valence-electron chi connectivity index (χ0n) is 18.5. The number of sulfone groups is 2. The van der Waals surface area contributed by atoms with Gasteiger partial charge in [-0.1, -0.05) is 6.07 Å². The summed E-state index contributed by atoms with van der Waals surface area (Å²) in [5, 5.41) is 8.51. The Morgan fingerprint density at radius 1 is 1.06 bits per heavy atom. The van der Waals surface area contributed by atoms with E-state index in [2.05, 4.69) is 25.5 Å². The second kappa shape index (κ2) is 9.38. The molecule has 36 heavy (non-hydrogen) atoms. The van der Waals surface area contributed by atoms with Gasteiger partial charge in [0, 0.05) is 18.2 Å². The van der Waals surface area contributed by atoms with Crippen molar-refractivity contribution in [1.82, 2.24) is 20.2 Å². The fourth-order valence-corrected chi connectivity index (χ4v) is 4.09. The van der Waals surface area contributed by atoms with Crippen LogP contribution in [0, 0.1) is 12.9 Å². The summed E-state index contributed by atoms with van der Waals surface area (Å²) < 4.78 is 106. The largest absolute Gasteiger partial charge is 0.435 e. The Balaban J connectivity index is 2.08. The molecule has 0 saturated carbocycles. The third-order valence-electron chi connectivity index (χ3n) is 4.48. The van der Waals surface area contributed by atoms with Crippen molar-refractivity contribution >= 4 is 31.3 Å². The van der Waals surface area contributed by atoms with Crippen molar-refractivity contribution in [3.8, 4) is 11.9 Å². The average molecular weight is 549 g/mol. The van der Waals surface area contributed by atoms with Crippen molar-refractivity contribution in [3.63, 3.8) is 0 Å². The molecule has 3 aromatic rings.